The zero-order valence-corrected chi connectivity index (χ0v) is 15.6. The Bertz CT molecular complexity index is 636. The lowest BCUT2D eigenvalue weighted by atomic mass is 9.84. The molecule has 2 fully saturated rings. The van der Waals surface area contributed by atoms with Gasteiger partial charge in [0.15, 0.2) is 6.29 Å². The average molecular weight is 360 g/mol. The van der Waals surface area contributed by atoms with Crippen molar-refractivity contribution in [2.45, 2.75) is 43.8 Å². The Morgan fingerprint density at radius 1 is 1.12 bits per heavy atom. The molecule has 0 aromatic heterocycles. The molecule has 2 heterocycles. The van der Waals surface area contributed by atoms with Crippen molar-refractivity contribution in [1.82, 2.24) is 10.2 Å². The largest absolute Gasteiger partial charge is 0.355 e. The van der Waals surface area contributed by atoms with E-state index in [0.29, 0.717) is 18.8 Å². The lowest BCUT2D eigenvalue weighted by Gasteiger charge is -2.34. The van der Waals surface area contributed by atoms with E-state index in [1.807, 2.05) is 12.1 Å². The number of hydrogen-bond acceptors (Lipinski definition) is 5. The van der Waals surface area contributed by atoms with E-state index in [0.717, 1.165) is 38.0 Å². The minimum Gasteiger partial charge on any atom is -0.355 e. The van der Waals surface area contributed by atoms with Gasteiger partial charge in [-0.05, 0) is 49.4 Å². The Kier molecular flexibility index (Phi) is 6.40. The Hall–Kier alpha value is -1.76. The molecule has 1 atom stereocenters. The number of carbonyl (C=O) groups excluding carboxylic acids is 2. The van der Waals surface area contributed by atoms with Crippen molar-refractivity contribution in [2.75, 3.05) is 33.9 Å². The van der Waals surface area contributed by atoms with E-state index in [-0.39, 0.29) is 24.0 Å². The highest BCUT2D eigenvalue weighted by Gasteiger charge is 2.29. The number of nitrogens with zero attached hydrogens (tertiary/aromatic N) is 1. The molecule has 1 N–H and O–H groups in total. The average Bonchev–Trinajstić information content (AvgIpc) is 2.66. The van der Waals surface area contributed by atoms with Crippen LogP contribution in [0.15, 0.2) is 24.3 Å². The number of amides is 2. The van der Waals surface area contributed by atoms with Crippen LogP contribution in [-0.2, 0) is 19.1 Å². The molecule has 2 amide bonds. The summed E-state index contributed by atoms with van der Waals surface area (Å²) in [6, 6.07) is 8.35. The first-order valence-electron chi connectivity index (χ1n) is 9.32. The quantitative estimate of drug-likeness (QED) is 0.621. The molecule has 0 saturated carbocycles. The molecule has 1 aromatic rings. The predicted molar refractivity (Wildman–Crippen MR) is 97.8 cm³/mol. The molecule has 0 radical (unpaired) electrons. The number of methoxy groups -OCH3 is 2. The van der Waals surface area contributed by atoms with E-state index in [4.69, 9.17) is 9.47 Å². The molecule has 0 bridgehead atoms. The van der Waals surface area contributed by atoms with Gasteiger partial charge in [-0.2, -0.15) is 0 Å². The number of hydrogen-bond donors (Lipinski definition) is 1. The van der Waals surface area contributed by atoms with E-state index in [1.54, 1.807) is 14.2 Å². The third-order valence-electron chi connectivity index (χ3n) is 5.54. The minimum absolute atomic E-state index is 0.166. The number of rotatable bonds is 6. The maximum atomic E-state index is 12.1. The molecular weight excluding hydrogens is 332 g/mol. The second-order valence-electron chi connectivity index (χ2n) is 7.15. The van der Waals surface area contributed by atoms with Gasteiger partial charge in [-0.25, -0.2) is 0 Å². The van der Waals surface area contributed by atoms with E-state index >= 15 is 0 Å². The topological polar surface area (TPSA) is 67.9 Å². The van der Waals surface area contributed by atoms with E-state index in [1.165, 1.54) is 5.56 Å². The second kappa shape index (κ2) is 8.75. The Balaban J connectivity index is 1.61. The van der Waals surface area contributed by atoms with Gasteiger partial charge < -0.3 is 9.47 Å². The summed E-state index contributed by atoms with van der Waals surface area (Å²) in [5.41, 5.74) is 2.32. The number of ether oxygens (including phenoxy) is 2. The van der Waals surface area contributed by atoms with Crippen molar-refractivity contribution in [3.8, 4) is 0 Å². The normalized spacial score (nSPS) is 22.7. The zero-order chi connectivity index (χ0) is 18.5. The highest BCUT2D eigenvalue weighted by atomic mass is 16.7. The van der Waals surface area contributed by atoms with Gasteiger partial charge in [0, 0.05) is 27.2 Å². The van der Waals surface area contributed by atoms with Crippen molar-refractivity contribution >= 4 is 11.8 Å². The fourth-order valence-corrected chi connectivity index (χ4v) is 3.95. The molecule has 2 aliphatic rings. The summed E-state index contributed by atoms with van der Waals surface area (Å²) in [5, 5.41) is 2.45. The number of likely N-dealkylation sites (tertiary alicyclic amines) is 1. The van der Waals surface area contributed by atoms with Crippen LogP contribution < -0.4 is 5.32 Å². The van der Waals surface area contributed by atoms with E-state index in [2.05, 4.69) is 22.3 Å². The van der Waals surface area contributed by atoms with Crippen LogP contribution in [-0.4, -0.2) is 56.9 Å². The summed E-state index contributed by atoms with van der Waals surface area (Å²) in [6.45, 7) is 2.81. The fraction of sp³-hybridized carbons (Fsp3) is 0.600. The maximum absolute atomic E-state index is 12.1. The van der Waals surface area contributed by atoms with Crippen molar-refractivity contribution < 1.29 is 19.1 Å². The highest BCUT2D eigenvalue weighted by Crippen LogP contribution is 2.32. The molecule has 1 aromatic carbocycles. The number of piperidine rings is 2. The molecule has 0 aliphatic carbocycles. The summed E-state index contributed by atoms with van der Waals surface area (Å²) in [6.07, 6.45) is 3.00. The maximum Gasteiger partial charge on any atom is 0.234 e. The van der Waals surface area contributed by atoms with Gasteiger partial charge >= 0.3 is 0 Å². The lowest BCUT2D eigenvalue weighted by Crippen LogP contribution is -2.40. The number of carbonyl (C=O) groups is 2. The van der Waals surface area contributed by atoms with Gasteiger partial charge in [0.05, 0.1) is 5.92 Å². The van der Waals surface area contributed by atoms with Gasteiger partial charge in [0.25, 0.3) is 0 Å². The molecule has 26 heavy (non-hydrogen) atoms. The first-order chi connectivity index (χ1) is 12.6. The van der Waals surface area contributed by atoms with Gasteiger partial charge in [0.1, 0.15) is 0 Å². The second-order valence-corrected chi connectivity index (χ2v) is 7.15. The number of imide groups is 1. The summed E-state index contributed by atoms with van der Waals surface area (Å²) >= 11 is 0. The summed E-state index contributed by atoms with van der Waals surface area (Å²) in [7, 11) is 3.34. The molecule has 0 spiro atoms. The van der Waals surface area contributed by atoms with E-state index < -0.39 is 0 Å². The van der Waals surface area contributed by atoms with Crippen molar-refractivity contribution in [1.29, 1.82) is 0 Å². The first kappa shape index (κ1) is 19.0. The van der Waals surface area contributed by atoms with Crippen LogP contribution in [0.1, 0.15) is 48.6 Å². The Morgan fingerprint density at radius 3 is 2.46 bits per heavy atom. The van der Waals surface area contributed by atoms with Crippen molar-refractivity contribution in [3.05, 3.63) is 35.4 Å². The Labute approximate surface area is 154 Å². The summed E-state index contributed by atoms with van der Waals surface area (Å²) < 4.78 is 10.6. The fourth-order valence-electron chi connectivity index (χ4n) is 3.95. The molecule has 2 aliphatic heterocycles. The van der Waals surface area contributed by atoms with Crippen LogP contribution in [0.4, 0.5) is 0 Å². The molecular formula is C20H28N2O4. The lowest BCUT2D eigenvalue weighted by molar-refractivity contribution is -0.134. The van der Waals surface area contributed by atoms with Gasteiger partial charge in [-0.1, -0.05) is 24.3 Å². The van der Waals surface area contributed by atoms with Crippen molar-refractivity contribution in [2.24, 2.45) is 0 Å². The Morgan fingerprint density at radius 2 is 1.81 bits per heavy atom. The third-order valence-corrected chi connectivity index (χ3v) is 5.54. The van der Waals surface area contributed by atoms with Crippen LogP contribution in [0.3, 0.4) is 0 Å². The molecule has 6 heteroatoms. The number of nitrogens with one attached hydrogen (secondary N) is 1. The van der Waals surface area contributed by atoms with Crippen LogP contribution >= 0.6 is 0 Å². The van der Waals surface area contributed by atoms with Crippen LogP contribution in [0.5, 0.6) is 0 Å². The summed E-state index contributed by atoms with van der Waals surface area (Å²) in [4.78, 5) is 25.9. The first-order valence-corrected chi connectivity index (χ1v) is 9.32. The molecule has 6 nitrogen and oxygen atoms in total. The van der Waals surface area contributed by atoms with Crippen LogP contribution in [0.25, 0.3) is 0 Å². The zero-order valence-electron chi connectivity index (χ0n) is 15.6. The van der Waals surface area contributed by atoms with Crippen LogP contribution in [0, 0.1) is 0 Å². The molecule has 142 valence electrons. The molecule has 1 unspecified atom stereocenters. The summed E-state index contributed by atoms with van der Waals surface area (Å²) in [5.74, 6) is -0.0430. The number of benzene rings is 1. The standard InChI is InChI=1S/C20H28N2O4/c1-25-19(26-2)13-22-10-8-14(9-11-22)15-4-3-5-16(12-15)17-6-7-18(23)21-20(17)24/h3-5,12,14,17,19H,6-11,13H2,1-2H3,(H,21,23,24). The van der Waals surface area contributed by atoms with E-state index in [9.17, 15) is 9.59 Å². The van der Waals surface area contributed by atoms with Gasteiger partial charge in [-0.15, -0.1) is 0 Å². The highest BCUT2D eigenvalue weighted by molar-refractivity contribution is 6.00. The molecule has 2 saturated heterocycles. The van der Waals surface area contributed by atoms with Gasteiger partial charge in [-0.3, -0.25) is 19.8 Å². The van der Waals surface area contributed by atoms with Gasteiger partial charge in [0.2, 0.25) is 11.8 Å². The third kappa shape index (κ3) is 4.50. The van der Waals surface area contributed by atoms with Crippen molar-refractivity contribution in [3.63, 3.8) is 0 Å². The SMILES string of the molecule is COC(CN1CCC(c2cccc(C3CCC(=O)NC3=O)c2)CC1)OC. The minimum atomic E-state index is -0.211. The monoisotopic (exact) mass is 360 g/mol. The van der Waals surface area contributed by atoms with Crippen LogP contribution in [0.2, 0.25) is 0 Å². The molecule has 3 rings (SSSR count). The predicted octanol–water partition coefficient (Wildman–Crippen LogP) is 2.01. The smallest absolute Gasteiger partial charge is 0.234 e.